The van der Waals surface area contributed by atoms with Gasteiger partial charge >= 0.3 is 0 Å². The van der Waals surface area contributed by atoms with E-state index in [0.717, 1.165) is 25.2 Å². The van der Waals surface area contributed by atoms with Crippen LogP contribution in [-0.4, -0.2) is 24.6 Å². The summed E-state index contributed by atoms with van der Waals surface area (Å²) in [4.78, 5) is 6.82. The highest BCUT2D eigenvalue weighted by molar-refractivity contribution is 5.53. The summed E-state index contributed by atoms with van der Waals surface area (Å²) in [6.45, 7) is 13.0. The lowest BCUT2D eigenvalue weighted by atomic mass is 10.0. The molecule has 108 valence electrons. The number of pyridine rings is 1. The predicted molar refractivity (Wildman–Crippen MR) is 83.7 cm³/mol. The van der Waals surface area contributed by atoms with Gasteiger partial charge in [-0.15, -0.1) is 0 Å². The lowest BCUT2D eigenvalue weighted by Crippen LogP contribution is -2.34. The highest BCUT2D eigenvalue weighted by atomic mass is 15.1. The number of aryl methyl sites for hydroxylation is 1. The van der Waals surface area contributed by atoms with Gasteiger partial charge in [0.05, 0.1) is 0 Å². The minimum absolute atomic E-state index is 0.520. The van der Waals surface area contributed by atoms with Crippen LogP contribution in [0.2, 0.25) is 0 Å². The third-order valence-electron chi connectivity index (χ3n) is 3.80. The average molecular weight is 263 g/mol. The highest BCUT2D eigenvalue weighted by Gasteiger charge is 2.16. The van der Waals surface area contributed by atoms with Gasteiger partial charge in [0.25, 0.3) is 0 Å². The van der Waals surface area contributed by atoms with Crippen LogP contribution in [0.3, 0.4) is 0 Å². The molecule has 0 aromatic carbocycles. The molecule has 0 aliphatic carbocycles. The van der Waals surface area contributed by atoms with Crippen molar-refractivity contribution >= 4 is 5.69 Å². The molecule has 1 N–H and O–H groups in total. The lowest BCUT2D eigenvalue weighted by Gasteiger charge is -2.31. The fraction of sp³-hybridized carbons (Fsp3) is 0.688. The molecule has 1 atom stereocenters. The number of anilines is 1. The van der Waals surface area contributed by atoms with E-state index in [1.165, 1.54) is 11.3 Å². The van der Waals surface area contributed by atoms with Crippen molar-refractivity contribution in [1.29, 1.82) is 0 Å². The maximum atomic E-state index is 4.44. The molecule has 0 radical (unpaired) electrons. The van der Waals surface area contributed by atoms with Gasteiger partial charge in [-0.3, -0.25) is 4.98 Å². The van der Waals surface area contributed by atoms with E-state index in [1.807, 2.05) is 6.20 Å². The predicted octanol–water partition coefficient (Wildman–Crippen LogP) is 3.37. The third kappa shape index (κ3) is 4.50. The zero-order valence-corrected chi connectivity index (χ0v) is 13.3. The molecule has 0 saturated carbocycles. The Labute approximate surface area is 118 Å². The van der Waals surface area contributed by atoms with E-state index < -0.39 is 0 Å². The first kappa shape index (κ1) is 16.0. The summed E-state index contributed by atoms with van der Waals surface area (Å²) in [5, 5.41) is 3.47. The van der Waals surface area contributed by atoms with Crippen LogP contribution < -0.4 is 10.2 Å². The lowest BCUT2D eigenvalue weighted by molar-refractivity contribution is 0.504. The van der Waals surface area contributed by atoms with Crippen molar-refractivity contribution < 1.29 is 0 Å². The van der Waals surface area contributed by atoms with E-state index in [0.29, 0.717) is 12.0 Å². The van der Waals surface area contributed by atoms with Crippen LogP contribution in [0.5, 0.6) is 0 Å². The van der Waals surface area contributed by atoms with Gasteiger partial charge in [0.2, 0.25) is 0 Å². The standard InChI is InChI=1S/C16H29N3/c1-7-8-17-10-15-11-18-13(4)9-16(15)19(6)14(5)12(2)3/h9,11-12,14,17H,7-8,10H2,1-6H3. The summed E-state index contributed by atoms with van der Waals surface area (Å²) in [7, 11) is 2.18. The molecule has 0 amide bonds. The zero-order valence-electron chi connectivity index (χ0n) is 13.3. The highest BCUT2D eigenvalue weighted by Crippen LogP contribution is 2.24. The van der Waals surface area contributed by atoms with Crippen molar-refractivity contribution in [2.24, 2.45) is 5.92 Å². The van der Waals surface area contributed by atoms with Crippen molar-refractivity contribution in [2.45, 2.75) is 53.6 Å². The van der Waals surface area contributed by atoms with E-state index in [-0.39, 0.29) is 0 Å². The molecule has 0 fully saturated rings. The smallest absolute Gasteiger partial charge is 0.0445 e. The van der Waals surface area contributed by atoms with Crippen LogP contribution in [0, 0.1) is 12.8 Å². The summed E-state index contributed by atoms with van der Waals surface area (Å²) in [5.41, 5.74) is 3.67. The molecule has 0 saturated heterocycles. The van der Waals surface area contributed by atoms with Crippen molar-refractivity contribution in [3.8, 4) is 0 Å². The number of nitrogens with zero attached hydrogens (tertiary/aromatic N) is 2. The Kier molecular flexibility index (Phi) is 6.29. The van der Waals surface area contributed by atoms with Gasteiger partial charge in [-0.25, -0.2) is 0 Å². The molecule has 3 nitrogen and oxygen atoms in total. The number of rotatable bonds is 7. The van der Waals surface area contributed by atoms with E-state index in [2.05, 4.69) is 62.9 Å². The van der Waals surface area contributed by atoms with Gasteiger partial charge in [-0.1, -0.05) is 20.8 Å². The Balaban J connectivity index is 2.92. The van der Waals surface area contributed by atoms with Gasteiger partial charge in [0, 0.05) is 42.8 Å². The average Bonchev–Trinajstić information content (AvgIpc) is 2.38. The van der Waals surface area contributed by atoms with E-state index in [9.17, 15) is 0 Å². The quantitative estimate of drug-likeness (QED) is 0.765. The summed E-state index contributed by atoms with van der Waals surface area (Å²) in [6, 6.07) is 2.72. The summed E-state index contributed by atoms with van der Waals surface area (Å²) >= 11 is 0. The van der Waals surface area contributed by atoms with Crippen molar-refractivity contribution in [2.75, 3.05) is 18.5 Å². The zero-order chi connectivity index (χ0) is 14.4. The van der Waals surface area contributed by atoms with E-state index in [4.69, 9.17) is 0 Å². The van der Waals surface area contributed by atoms with Gasteiger partial charge < -0.3 is 10.2 Å². The van der Waals surface area contributed by atoms with Gasteiger partial charge in [0.15, 0.2) is 0 Å². The van der Waals surface area contributed by atoms with Crippen LogP contribution in [0.25, 0.3) is 0 Å². The first-order valence-electron chi connectivity index (χ1n) is 7.36. The molecule has 1 aromatic heterocycles. The second kappa shape index (κ2) is 7.49. The first-order valence-corrected chi connectivity index (χ1v) is 7.36. The normalized spacial score (nSPS) is 12.8. The monoisotopic (exact) mass is 263 g/mol. The maximum absolute atomic E-state index is 4.44. The molecule has 0 spiro atoms. The summed E-state index contributed by atoms with van der Waals surface area (Å²) in [6.07, 6.45) is 3.17. The Morgan fingerprint density at radius 3 is 2.58 bits per heavy atom. The van der Waals surface area contributed by atoms with Gasteiger partial charge in [-0.2, -0.15) is 0 Å². The van der Waals surface area contributed by atoms with Crippen LogP contribution in [-0.2, 0) is 6.54 Å². The molecular weight excluding hydrogens is 234 g/mol. The second-order valence-corrected chi connectivity index (χ2v) is 5.73. The van der Waals surface area contributed by atoms with Crippen LogP contribution in [0.15, 0.2) is 12.3 Å². The fourth-order valence-electron chi connectivity index (χ4n) is 2.10. The topological polar surface area (TPSA) is 28.2 Å². The molecule has 1 heterocycles. The van der Waals surface area contributed by atoms with Crippen LogP contribution >= 0.6 is 0 Å². The Morgan fingerprint density at radius 1 is 1.32 bits per heavy atom. The molecule has 0 aliphatic heterocycles. The Bertz CT molecular complexity index is 388. The van der Waals surface area contributed by atoms with Crippen molar-refractivity contribution in [1.82, 2.24) is 10.3 Å². The second-order valence-electron chi connectivity index (χ2n) is 5.73. The first-order chi connectivity index (χ1) is 8.97. The third-order valence-corrected chi connectivity index (χ3v) is 3.80. The number of aromatic nitrogens is 1. The van der Waals surface area contributed by atoms with E-state index >= 15 is 0 Å². The summed E-state index contributed by atoms with van der Waals surface area (Å²) < 4.78 is 0. The molecule has 1 unspecified atom stereocenters. The largest absolute Gasteiger partial charge is 0.371 e. The number of hydrogen-bond donors (Lipinski definition) is 1. The minimum atomic E-state index is 0.520. The summed E-state index contributed by atoms with van der Waals surface area (Å²) in [5.74, 6) is 0.634. The molecule has 19 heavy (non-hydrogen) atoms. The maximum Gasteiger partial charge on any atom is 0.0445 e. The van der Waals surface area contributed by atoms with Crippen molar-refractivity contribution in [3.05, 3.63) is 23.5 Å². The van der Waals surface area contributed by atoms with Gasteiger partial charge in [-0.05, 0) is 38.8 Å². The molecule has 1 rings (SSSR count). The fourth-order valence-corrected chi connectivity index (χ4v) is 2.10. The van der Waals surface area contributed by atoms with Gasteiger partial charge in [0.1, 0.15) is 0 Å². The molecule has 1 aromatic rings. The molecule has 3 heteroatoms. The Morgan fingerprint density at radius 2 is 2.00 bits per heavy atom. The number of nitrogens with one attached hydrogen (secondary N) is 1. The SMILES string of the molecule is CCCNCc1cnc(C)cc1N(C)C(C)C(C)C. The molecular formula is C16H29N3. The molecule has 0 aliphatic rings. The molecule has 0 bridgehead atoms. The van der Waals surface area contributed by atoms with Crippen LogP contribution in [0.1, 0.15) is 45.4 Å². The Hall–Kier alpha value is -1.09. The van der Waals surface area contributed by atoms with Crippen molar-refractivity contribution in [3.63, 3.8) is 0 Å². The van der Waals surface area contributed by atoms with E-state index in [1.54, 1.807) is 0 Å². The number of hydrogen-bond acceptors (Lipinski definition) is 3. The van der Waals surface area contributed by atoms with Crippen LogP contribution in [0.4, 0.5) is 5.69 Å². The minimum Gasteiger partial charge on any atom is -0.371 e.